The van der Waals surface area contributed by atoms with Crippen LogP contribution < -0.4 is 9.64 Å². The summed E-state index contributed by atoms with van der Waals surface area (Å²) in [7, 11) is 1.67. The molecule has 0 unspecified atom stereocenters. The highest BCUT2D eigenvalue weighted by Gasteiger charge is 2.31. The molecule has 0 saturated carbocycles. The molecule has 0 aliphatic heterocycles. The van der Waals surface area contributed by atoms with Crippen molar-refractivity contribution in [3.63, 3.8) is 0 Å². The summed E-state index contributed by atoms with van der Waals surface area (Å²) in [5.41, 5.74) is 7.79. The third-order valence-electron chi connectivity index (χ3n) is 14.0. The monoisotopic (exact) mass is 1100 g/mol. The summed E-state index contributed by atoms with van der Waals surface area (Å²) < 4.78 is 82.4. The molecular weight excluding hydrogens is 1050 g/mol. The van der Waals surface area contributed by atoms with Gasteiger partial charge in [0.25, 0.3) is 0 Å². The number of nitrogens with zero attached hydrogens (tertiary/aromatic N) is 5. The number of rotatable bonds is 10. The van der Waals surface area contributed by atoms with Gasteiger partial charge >= 0.3 is 12.4 Å². The molecule has 0 radical (unpaired) electrons. The fraction of sp³-hybridized carbons (Fsp3) is 0.0423. The Balaban J connectivity index is 0.000000185. The molecule has 0 atom stereocenters. The molecule has 11 aromatic rings. The number of hydrogen-bond acceptors (Lipinski definition) is 4. The molecule has 6 nitrogen and oxygen atoms in total. The zero-order valence-corrected chi connectivity index (χ0v) is 44.0. The number of nitriles is 2. The highest BCUT2D eigenvalue weighted by molar-refractivity contribution is 6.17. The molecule has 0 spiro atoms. The predicted molar refractivity (Wildman–Crippen MR) is 322 cm³/mol. The van der Waals surface area contributed by atoms with Gasteiger partial charge in [-0.3, -0.25) is 0 Å². The summed E-state index contributed by atoms with van der Waals surface area (Å²) in [6.07, 6.45) is 2.06. The molecule has 83 heavy (non-hydrogen) atoms. The van der Waals surface area contributed by atoms with E-state index in [-0.39, 0.29) is 0 Å². The van der Waals surface area contributed by atoms with Gasteiger partial charge in [-0.2, -0.15) is 36.9 Å². The first-order valence-electron chi connectivity index (χ1n) is 25.7. The minimum atomic E-state index is -4.42. The van der Waals surface area contributed by atoms with E-state index in [1.54, 1.807) is 67.8 Å². The summed E-state index contributed by atoms with van der Waals surface area (Å²) in [6, 6.07) is 65.2. The standard InChI is InChI=1S/C37H25N3O.C34H18F6N2/c1-39-37-35-24-27(16-23-34(35)32-10-6-7-11-33(32)36(37)25-38)13-12-26-14-17-29(18-15-26)40(28-8-4-3-5-9-28)30-19-21-31(41-2)22-20-30;1-42-32-28-17-11-23(4-2-21-6-12-25(13-7-21)33(35,36)37)18-29(28)31(20-41)27-16-10-24(19-30(27)32)5-3-22-8-14-26(15-9-22)34(38,39)40/h3-24H,2H3;2-19H. The van der Waals surface area contributed by atoms with E-state index < -0.39 is 23.5 Å². The quantitative estimate of drug-likeness (QED) is 0.0450. The number of halogens is 6. The second-order valence-electron chi connectivity index (χ2n) is 19.1. The average molecular weight is 1100 g/mol. The first-order valence-corrected chi connectivity index (χ1v) is 25.7. The summed E-state index contributed by atoms with van der Waals surface area (Å²) in [4.78, 5) is 9.71. The summed E-state index contributed by atoms with van der Waals surface area (Å²) >= 11 is 0. The molecule has 11 rings (SSSR count). The van der Waals surface area contributed by atoms with E-state index >= 15 is 0 Å². The van der Waals surface area contributed by atoms with Gasteiger partial charge in [-0.25, -0.2) is 9.69 Å². The van der Waals surface area contributed by atoms with Crippen molar-refractivity contribution < 1.29 is 31.1 Å². The Labute approximate surface area is 474 Å². The Morgan fingerprint density at radius 2 is 0.747 bits per heavy atom. The Bertz CT molecular complexity index is 4380. The van der Waals surface area contributed by atoms with Crippen molar-refractivity contribution in [2.75, 3.05) is 12.0 Å². The largest absolute Gasteiger partial charge is 0.497 e. The Hall–Kier alpha value is -11.2. The van der Waals surface area contributed by atoms with Gasteiger partial charge in [-0.1, -0.05) is 164 Å². The summed E-state index contributed by atoms with van der Waals surface area (Å²) in [5.74, 6) is 0.816. The maximum Gasteiger partial charge on any atom is 0.416 e. The van der Waals surface area contributed by atoms with E-state index in [2.05, 4.69) is 87.4 Å². The summed E-state index contributed by atoms with van der Waals surface area (Å²) in [6.45, 7) is 15.7. The van der Waals surface area contributed by atoms with Crippen LogP contribution in [0.4, 0.5) is 54.8 Å². The van der Waals surface area contributed by atoms with E-state index in [1.807, 2.05) is 72.8 Å². The van der Waals surface area contributed by atoms with Crippen LogP contribution >= 0.6 is 0 Å². The molecule has 0 aliphatic carbocycles. The predicted octanol–water partition coefficient (Wildman–Crippen LogP) is 20.9. The van der Waals surface area contributed by atoms with Crippen LogP contribution in [0, 0.1) is 35.8 Å². The third-order valence-corrected chi connectivity index (χ3v) is 14.0. The highest BCUT2D eigenvalue weighted by atomic mass is 19.4. The number of para-hydroxylation sites is 1. The lowest BCUT2D eigenvalue weighted by Crippen LogP contribution is -2.09. The number of hydrogen-bond donors (Lipinski definition) is 0. The number of methoxy groups -OCH3 is 1. The third kappa shape index (κ3) is 11.9. The SMILES string of the molecule is [C-]#[N+]c1c(C#N)c2ccccc2c2ccc(C=Cc3ccc(N(c4ccccc4)c4ccc(OC)cc4)cc3)cc12.[C-]#[N+]c1c2ccc(C=Cc3ccc(C(F)(F)F)cc3)cc2c(C#N)c2ccc(C=Cc3ccc(C(F)(F)F)cc3)cc12. The van der Waals surface area contributed by atoms with Crippen molar-refractivity contribution >= 4 is 108 Å². The van der Waals surface area contributed by atoms with Gasteiger partial charge < -0.3 is 9.64 Å². The lowest BCUT2D eigenvalue weighted by atomic mass is 9.93. The van der Waals surface area contributed by atoms with E-state index in [4.69, 9.17) is 17.9 Å². The van der Waals surface area contributed by atoms with E-state index in [0.717, 1.165) is 79.7 Å². The Morgan fingerprint density at radius 3 is 1.22 bits per heavy atom. The van der Waals surface area contributed by atoms with Crippen LogP contribution in [0.15, 0.2) is 206 Å². The second-order valence-corrected chi connectivity index (χ2v) is 19.1. The molecule has 0 aliphatic rings. The molecule has 0 N–H and O–H groups in total. The smallest absolute Gasteiger partial charge is 0.416 e. The zero-order valence-electron chi connectivity index (χ0n) is 44.0. The fourth-order valence-corrected chi connectivity index (χ4v) is 9.85. The van der Waals surface area contributed by atoms with Crippen molar-refractivity contribution in [2.45, 2.75) is 12.4 Å². The maximum atomic E-state index is 12.8. The normalized spacial score (nSPS) is 11.6. The average Bonchev–Trinajstić information content (AvgIpc) is 3.71. The second kappa shape index (κ2) is 23.7. The van der Waals surface area contributed by atoms with Crippen molar-refractivity contribution in [3.05, 3.63) is 285 Å². The minimum absolute atomic E-state index is 0.349. The molecule has 0 saturated heterocycles. The van der Waals surface area contributed by atoms with Crippen molar-refractivity contribution in [1.82, 2.24) is 0 Å². The molecule has 11 aromatic carbocycles. The highest BCUT2D eigenvalue weighted by Crippen LogP contribution is 2.42. The number of anilines is 3. The van der Waals surface area contributed by atoms with Gasteiger partial charge in [-0.05, 0) is 155 Å². The van der Waals surface area contributed by atoms with Gasteiger partial charge in [0, 0.05) is 17.1 Å². The van der Waals surface area contributed by atoms with E-state index in [1.165, 1.54) is 24.3 Å². The number of fused-ring (bicyclic) bond motifs is 5. The van der Waals surface area contributed by atoms with Gasteiger partial charge in [0.2, 0.25) is 11.4 Å². The van der Waals surface area contributed by atoms with E-state index in [9.17, 15) is 36.9 Å². The van der Waals surface area contributed by atoms with E-state index in [0.29, 0.717) is 66.3 Å². The van der Waals surface area contributed by atoms with Gasteiger partial charge in [0.15, 0.2) is 0 Å². The number of ether oxygens (including phenoxy) is 1. The molecule has 12 heteroatoms. The van der Waals surface area contributed by atoms with Crippen LogP contribution in [0.25, 0.3) is 89.2 Å². The van der Waals surface area contributed by atoms with Crippen LogP contribution in [0.3, 0.4) is 0 Å². The Kier molecular flexibility index (Phi) is 15.7. The number of benzene rings is 11. The first kappa shape index (κ1) is 55.1. The van der Waals surface area contributed by atoms with Crippen molar-refractivity contribution in [1.29, 1.82) is 10.5 Å². The van der Waals surface area contributed by atoms with Gasteiger partial charge in [0.05, 0.1) is 48.6 Å². The minimum Gasteiger partial charge on any atom is -0.497 e. The molecule has 0 heterocycles. The molecule has 0 fully saturated rings. The van der Waals surface area contributed by atoms with Crippen molar-refractivity contribution in [3.8, 4) is 17.9 Å². The van der Waals surface area contributed by atoms with Crippen LogP contribution in [-0.2, 0) is 12.4 Å². The van der Waals surface area contributed by atoms with Crippen LogP contribution in [-0.4, -0.2) is 7.11 Å². The van der Waals surface area contributed by atoms with Crippen LogP contribution in [0.1, 0.15) is 55.6 Å². The van der Waals surface area contributed by atoms with Crippen LogP contribution in [0.5, 0.6) is 5.75 Å². The molecule has 400 valence electrons. The summed E-state index contributed by atoms with van der Waals surface area (Å²) in [5, 5.41) is 25.8. The zero-order chi connectivity index (χ0) is 58.3. The molecular formula is C71H43F6N5O. The molecule has 0 amide bonds. The first-order chi connectivity index (χ1) is 40.2. The molecule has 0 aromatic heterocycles. The fourth-order valence-electron chi connectivity index (χ4n) is 9.85. The lowest BCUT2D eigenvalue weighted by Gasteiger charge is -2.25. The van der Waals surface area contributed by atoms with Crippen LogP contribution in [0.2, 0.25) is 0 Å². The molecule has 0 bridgehead atoms. The van der Waals surface area contributed by atoms with Crippen molar-refractivity contribution in [2.24, 2.45) is 0 Å². The number of alkyl halides is 6. The topological polar surface area (TPSA) is 68.8 Å². The van der Waals surface area contributed by atoms with Gasteiger partial charge in [0.1, 0.15) is 11.8 Å². The van der Waals surface area contributed by atoms with Gasteiger partial charge in [-0.15, -0.1) is 0 Å². The Morgan fingerprint density at radius 1 is 0.386 bits per heavy atom. The lowest BCUT2D eigenvalue weighted by molar-refractivity contribution is -0.138. The maximum absolute atomic E-state index is 12.8.